The molecule has 0 aliphatic carbocycles. The minimum absolute atomic E-state index is 0.118. The lowest BCUT2D eigenvalue weighted by Gasteiger charge is -2.08. The van der Waals surface area contributed by atoms with Crippen molar-refractivity contribution in [2.45, 2.75) is 11.8 Å². The maximum Gasteiger partial charge on any atom is 0.231 e. The van der Waals surface area contributed by atoms with Crippen LogP contribution >= 0.6 is 11.6 Å². The Kier molecular flexibility index (Phi) is 5.11. The van der Waals surface area contributed by atoms with Crippen molar-refractivity contribution in [1.29, 1.82) is 0 Å². The highest BCUT2D eigenvalue weighted by Crippen LogP contribution is 2.22. The Morgan fingerprint density at radius 3 is 2.64 bits per heavy atom. The molecule has 0 saturated heterocycles. The molecule has 14 heavy (non-hydrogen) atoms. The van der Waals surface area contributed by atoms with E-state index in [1.807, 2.05) is 30.3 Å². The molecule has 2 N–H and O–H groups in total. The third-order valence-electron chi connectivity index (χ3n) is 1.78. The van der Waals surface area contributed by atoms with Gasteiger partial charge in [-0.1, -0.05) is 30.3 Å². The van der Waals surface area contributed by atoms with Crippen molar-refractivity contribution in [2.24, 2.45) is 0 Å². The van der Waals surface area contributed by atoms with Crippen LogP contribution in [0.15, 0.2) is 30.3 Å². The molecule has 2 atom stereocenters. The fraction of sp³-hybridized carbons (Fsp3) is 0.333. The molecule has 5 heteroatoms. The molecule has 1 rings (SSSR count). The highest BCUT2D eigenvalue weighted by Gasteiger charge is 2.06. The van der Waals surface area contributed by atoms with Gasteiger partial charge in [-0.15, -0.1) is 11.6 Å². The van der Waals surface area contributed by atoms with E-state index in [0.29, 0.717) is 13.0 Å². The summed E-state index contributed by atoms with van der Waals surface area (Å²) in [4.78, 5) is 0. The quantitative estimate of drug-likeness (QED) is 0.604. The van der Waals surface area contributed by atoms with Crippen LogP contribution in [0, 0.1) is 0 Å². The van der Waals surface area contributed by atoms with E-state index < -0.39 is 11.3 Å². The fourth-order valence-corrected chi connectivity index (χ4v) is 1.65. The smallest absolute Gasteiger partial charge is 0.231 e. The van der Waals surface area contributed by atoms with Crippen LogP contribution in [0.5, 0.6) is 0 Å². The van der Waals surface area contributed by atoms with Gasteiger partial charge in [-0.3, -0.25) is 4.55 Å². The molecule has 0 aromatic heterocycles. The number of hydrogen-bond donors (Lipinski definition) is 2. The number of halogens is 1. The Bertz CT molecular complexity index is 294. The van der Waals surface area contributed by atoms with Crippen LogP contribution < -0.4 is 4.72 Å². The maximum atomic E-state index is 10.3. The van der Waals surface area contributed by atoms with E-state index in [9.17, 15) is 4.21 Å². The normalized spacial score (nSPS) is 15.0. The second-order valence-electron chi connectivity index (χ2n) is 2.81. The van der Waals surface area contributed by atoms with Crippen molar-refractivity contribution in [3.05, 3.63) is 35.9 Å². The summed E-state index contributed by atoms with van der Waals surface area (Å²) in [6, 6.07) is 9.64. The average molecular weight is 234 g/mol. The highest BCUT2D eigenvalue weighted by atomic mass is 35.5. The van der Waals surface area contributed by atoms with E-state index in [1.165, 1.54) is 0 Å². The van der Waals surface area contributed by atoms with Gasteiger partial charge in [0, 0.05) is 6.54 Å². The van der Waals surface area contributed by atoms with Crippen LogP contribution in [-0.4, -0.2) is 15.3 Å². The number of benzene rings is 1. The topological polar surface area (TPSA) is 49.3 Å². The van der Waals surface area contributed by atoms with Crippen molar-refractivity contribution in [2.75, 3.05) is 6.54 Å². The molecule has 3 nitrogen and oxygen atoms in total. The Morgan fingerprint density at radius 2 is 2.07 bits per heavy atom. The zero-order valence-electron chi connectivity index (χ0n) is 7.52. The molecule has 1 aromatic carbocycles. The highest BCUT2D eigenvalue weighted by molar-refractivity contribution is 7.77. The SMILES string of the molecule is O=S(O)NCCC(Cl)c1ccccc1. The Morgan fingerprint density at radius 1 is 1.43 bits per heavy atom. The van der Waals surface area contributed by atoms with Gasteiger partial charge in [-0.05, 0) is 12.0 Å². The van der Waals surface area contributed by atoms with Gasteiger partial charge < -0.3 is 0 Å². The average Bonchev–Trinajstić information content (AvgIpc) is 2.18. The van der Waals surface area contributed by atoms with Crippen molar-refractivity contribution in [3.63, 3.8) is 0 Å². The lowest BCUT2D eigenvalue weighted by Crippen LogP contribution is -2.18. The zero-order chi connectivity index (χ0) is 10.4. The van der Waals surface area contributed by atoms with Crippen molar-refractivity contribution >= 4 is 22.9 Å². The standard InChI is InChI=1S/C9H12ClNO2S/c10-9(6-7-11-14(12)13)8-4-2-1-3-5-8/h1-5,9,11H,6-7H2,(H,12,13). The van der Waals surface area contributed by atoms with Crippen molar-refractivity contribution < 1.29 is 8.76 Å². The first-order valence-electron chi connectivity index (χ1n) is 4.23. The van der Waals surface area contributed by atoms with Gasteiger partial charge in [0.15, 0.2) is 0 Å². The van der Waals surface area contributed by atoms with E-state index in [4.69, 9.17) is 16.2 Å². The van der Waals surface area contributed by atoms with Gasteiger partial charge in [0.1, 0.15) is 0 Å². The van der Waals surface area contributed by atoms with Crippen LogP contribution in [0.25, 0.3) is 0 Å². The van der Waals surface area contributed by atoms with Gasteiger partial charge >= 0.3 is 0 Å². The third-order valence-corrected chi connectivity index (χ3v) is 2.71. The number of hydrogen-bond acceptors (Lipinski definition) is 1. The zero-order valence-corrected chi connectivity index (χ0v) is 9.09. The Balaban J connectivity index is 2.36. The molecule has 1 aromatic rings. The Hall–Kier alpha value is -0.420. The first kappa shape index (κ1) is 11.7. The molecule has 0 fully saturated rings. The summed E-state index contributed by atoms with van der Waals surface area (Å²) in [5, 5.41) is -0.118. The fourth-order valence-electron chi connectivity index (χ4n) is 1.10. The molecule has 0 spiro atoms. The lowest BCUT2D eigenvalue weighted by atomic mass is 10.1. The summed E-state index contributed by atoms with van der Waals surface area (Å²) in [7, 11) is 0. The van der Waals surface area contributed by atoms with E-state index in [0.717, 1.165) is 5.56 Å². The minimum Gasteiger partial charge on any atom is -0.294 e. The molecular weight excluding hydrogens is 222 g/mol. The Labute approximate surface area is 90.9 Å². The number of rotatable bonds is 5. The van der Waals surface area contributed by atoms with Crippen LogP contribution in [0.1, 0.15) is 17.4 Å². The molecule has 0 amide bonds. The van der Waals surface area contributed by atoms with Crippen molar-refractivity contribution in [1.82, 2.24) is 4.72 Å². The van der Waals surface area contributed by atoms with Crippen LogP contribution in [0.3, 0.4) is 0 Å². The summed E-state index contributed by atoms with van der Waals surface area (Å²) in [5.41, 5.74) is 1.03. The minimum atomic E-state index is -1.95. The molecule has 78 valence electrons. The van der Waals surface area contributed by atoms with E-state index in [2.05, 4.69) is 4.72 Å². The van der Waals surface area contributed by atoms with Gasteiger partial charge in [-0.25, -0.2) is 8.93 Å². The maximum absolute atomic E-state index is 10.3. The molecular formula is C9H12ClNO2S. The summed E-state index contributed by atoms with van der Waals surface area (Å²) < 4.78 is 21.1. The van der Waals surface area contributed by atoms with Crippen molar-refractivity contribution in [3.8, 4) is 0 Å². The number of nitrogens with one attached hydrogen (secondary N) is 1. The van der Waals surface area contributed by atoms with Gasteiger partial charge in [0.2, 0.25) is 11.3 Å². The molecule has 0 bridgehead atoms. The summed E-state index contributed by atoms with van der Waals surface area (Å²) in [6.45, 7) is 0.423. The summed E-state index contributed by atoms with van der Waals surface area (Å²) in [5.74, 6) is 0. The van der Waals surface area contributed by atoms with Crippen LogP contribution in [0.2, 0.25) is 0 Å². The molecule has 0 radical (unpaired) electrons. The summed E-state index contributed by atoms with van der Waals surface area (Å²) in [6.07, 6.45) is 0.623. The van der Waals surface area contributed by atoms with E-state index in [-0.39, 0.29) is 5.38 Å². The second kappa shape index (κ2) is 6.14. The molecule has 0 aliphatic rings. The lowest BCUT2D eigenvalue weighted by molar-refractivity contribution is 0.546. The first-order valence-corrected chi connectivity index (χ1v) is 5.78. The van der Waals surface area contributed by atoms with Gasteiger partial charge in [0.25, 0.3) is 0 Å². The van der Waals surface area contributed by atoms with Crippen LogP contribution in [-0.2, 0) is 11.3 Å². The third kappa shape index (κ3) is 4.19. The summed E-state index contributed by atoms with van der Waals surface area (Å²) >= 11 is 4.12. The van der Waals surface area contributed by atoms with Crippen LogP contribution in [0.4, 0.5) is 0 Å². The predicted octanol–water partition coefficient (Wildman–Crippen LogP) is 2.08. The monoisotopic (exact) mass is 233 g/mol. The first-order chi connectivity index (χ1) is 6.70. The van der Waals surface area contributed by atoms with Gasteiger partial charge in [-0.2, -0.15) is 0 Å². The van der Waals surface area contributed by atoms with E-state index >= 15 is 0 Å². The second-order valence-corrected chi connectivity index (χ2v) is 4.12. The molecule has 0 saturated carbocycles. The molecule has 0 heterocycles. The van der Waals surface area contributed by atoms with E-state index in [1.54, 1.807) is 0 Å². The van der Waals surface area contributed by atoms with Gasteiger partial charge in [0.05, 0.1) is 5.38 Å². The largest absolute Gasteiger partial charge is 0.294 e. The molecule has 2 unspecified atom stereocenters. The number of alkyl halides is 1. The predicted molar refractivity (Wildman–Crippen MR) is 58.4 cm³/mol. The molecule has 0 aliphatic heterocycles.